The predicted molar refractivity (Wildman–Crippen MR) is 119 cm³/mol. The molecule has 0 spiro atoms. The molecule has 6 nitrogen and oxygen atoms in total. The lowest BCUT2D eigenvalue weighted by Gasteiger charge is -2.28. The highest BCUT2D eigenvalue weighted by molar-refractivity contribution is 6.22. The minimum atomic E-state index is -1.05. The summed E-state index contributed by atoms with van der Waals surface area (Å²) in [6, 6.07) is 23.3. The number of rotatable bonds is 8. The first kappa shape index (κ1) is 21.2. The molecular formula is C26H22N2O4. The van der Waals surface area contributed by atoms with Gasteiger partial charge in [0.25, 0.3) is 11.8 Å². The van der Waals surface area contributed by atoms with Crippen molar-refractivity contribution in [3.05, 3.63) is 107 Å². The van der Waals surface area contributed by atoms with Crippen molar-refractivity contribution in [2.24, 2.45) is 0 Å². The van der Waals surface area contributed by atoms with Crippen LogP contribution in [0.25, 0.3) is 0 Å². The number of nitrogens with one attached hydrogen (secondary N) is 1. The number of benzene rings is 3. The van der Waals surface area contributed by atoms with Crippen LogP contribution in [0.5, 0.6) is 0 Å². The Balaban J connectivity index is 1.67. The molecule has 0 aliphatic carbocycles. The quantitative estimate of drug-likeness (QED) is 0.442. The van der Waals surface area contributed by atoms with Gasteiger partial charge in [0.2, 0.25) is 5.91 Å². The fourth-order valence-electron chi connectivity index (χ4n) is 3.96. The number of fused-ring (bicyclic) bond motifs is 1. The lowest BCUT2D eigenvalue weighted by Crippen LogP contribution is -2.51. The highest BCUT2D eigenvalue weighted by Crippen LogP contribution is 2.27. The van der Waals surface area contributed by atoms with Crippen LogP contribution in [-0.2, 0) is 16.0 Å². The highest BCUT2D eigenvalue weighted by Gasteiger charge is 2.43. The maximum absolute atomic E-state index is 13.5. The molecule has 3 aromatic rings. The number of amides is 3. The summed E-state index contributed by atoms with van der Waals surface area (Å²) in [7, 11) is 0. The van der Waals surface area contributed by atoms with E-state index in [2.05, 4.69) is 5.32 Å². The van der Waals surface area contributed by atoms with Crippen molar-refractivity contribution in [3.63, 3.8) is 0 Å². The van der Waals surface area contributed by atoms with Gasteiger partial charge in [-0.3, -0.25) is 19.3 Å². The normalized spacial score (nSPS) is 14.6. The number of aldehydes is 1. The van der Waals surface area contributed by atoms with E-state index < -0.39 is 29.8 Å². The summed E-state index contributed by atoms with van der Waals surface area (Å²) >= 11 is 0. The van der Waals surface area contributed by atoms with Gasteiger partial charge >= 0.3 is 0 Å². The van der Waals surface area contributed by atoms with E-state index >= 15 is 0 Å². The van der Waals surface area contributed by atoms with Crippen LogP contribution >= 0.6 is 0 Å². The number of carbonyl (C=O) groups is 4. The molecule has 3 aromatic carbocycles. The van der Waals surface area contributed by atoms with Crippen molar-refractivity contribution in [1.82, 2.24) is 10.2 Å². The van der Waals surface area contributed by atoms with Crippen LogP contribution in [0.2, 0.25) is 0 Å². The maximum atomic E-state index is 13.5. The third kappa shape index (κ3) is 4.21. The fraction of sp³-hybridized carbons (Fsp3) is 0.154. The van der Waals surface area contributed by atoms with E-state index in [1.54, 1.807) is 24.3 Å². The molecule has 4 rings (SSSR count). The van der Waals surface area contributed by atoms with Crippen molar-refractivity contribution in [2.75, 3.05) is 0 Å². The average Bonchev–Trinajstić information content (AvgIpc) is 3.08. The van der Waals surface area contributed by atoms with Crippen LogP contribution in [0.3, 0.4) is 0 Å². The van der Waals surface area contributed by atoms with Crippen LogP contribution < -0.4 is 5.32 Å². The van der Waals surface area contributed by atoms with Crippen molar-refractivity contribution in [1.29, 1.82) is 0 Å². The third-order valence-electron chi connectivity index (χ3n) is 5.56. The van der Waals surface area contributed by atoms with Gasteiger partial charge in [0, 0.05) is 12.8 Å². The SMILES string of the molecule is O=CC[C@@H](NC(=O)[C@@H](Cc1ccccc1)N1C(=O)c2ccccc2C1=O)c1ccccc1. The molecule has 0 saturated carbocycles. The number of hydrogen-bond acceptors (Lipinski definition) is 4. The molecule has 0 saturated heterocycles. The van der Waals surface area contributed by atoms with Crippen LogP contribution in [0.4, 0.5) is 0 Å². The molecule has 1 aliphatic rings. The summed E-state index contributed by atoms with van der Waals surface area (Å²) in [5, 5.41) is 2.88. The fourth-order valence-corrected chi connectivity index (χ4v) is 3.96. The zero-order valence-corrected chi connectivity index (χ0v) is 17.3. The van der Waals surface area contributed by atoms with Gasteiger partial charge in [0.05, 0.1) is 17.2 Å². The Hall–Kier alpha value is -4.06. The summed E-state index contributed by atoms with van der Waals surface area (Å²) in [4.78, 5) is 52.0. The Labute approximate surface area is 185 Å². The van der Waals surface area contributed by atoms with Gasteiger partial charge in [-0.25, -0.2) is 0 Å². The molecule has 32 heavy (non-hydrogen) atoms. The van der Waals surface area contributed by atoms with Gasteiger partial charge in [-0.15, -0.1) is 0 Å². The van der Waals surface area contributed by atoms with Gasteiger partial charge in [0.15, 0.2) is 0 Å². The third-order valence-corrected chi connectivity index (χ3v) is 5.56. The predicted octanol–water partition coefficient (Wildman–Crippen LogP) is 3.34. The van der Waals surface area contributed by atoms with E-state index in [0.717, 1.165) is 22.3 Å². The first-order valence-electron chi connectivity index (χ1n) is 10.4. The lowest BCUT2D eigenvalue weighted by molar-refractivity contribution is -0.126. The molecule has 1 N–H and O–H groups in total. The summed E-state index contributed by atoms with van der Waals surface area (Å²) in [5.41, 5.74) is 2.16. The standard InChI is InChI=1S/C26H22N2O4/c29-16-15-22(19-11-5-2-6-12-19)27-24(30)23(17-18-9-3-1-4-10-18)28-25(31)20-13-7-8-14-21(20)26(28)32/h1-14,16,22-23H,15,17H2,(H,27,30)/t22-,23-/m1/s1. The van der Waals surface area contributed by atoms with Gasteiger partial charge in [-0.2, -0.15) is 0 Å². The minimum Gasteiger partial charge on any atom is -0.347 e. The maximum Gasteiger partial charge on any atom is 0.262 e. The summed E-state index contributed by atoms with van der Waals surface area (Å²) < 4.78 is 0. The zero-order chi connectivity index (χ0) is 22.5. The molecule has 0 radical (unpaired) electrons. The summed E-state index contributed by atoms with van der Waals surface area (Å²) in [6.45, 7) is 0. The van der Waals surface area contributed by atoms with Gasteiger partial charge in [-0.1, -0.05) is 72.8 Å². The molecule has 6 heteroatoms. The lowest BCUT2D eigenvalue weighted by atomic mass is 10.0. The van der Waals surface area contributed by atoms with E-state index in [-0.39, 0.29) is 24.0 Å². The van der Waals surface area contributed by atoms with Crippen LogP contribution in [0.1, 0.15) is 44.3 Å². The molecular weight excluding hydrogens is 404 g/mol. The highest BCUT2D eigenvalue weighted by atomic mass is 16.2. The van der Waals surface area contributed by atoms with E-state index in [4.69, 9.17) is 0 Å². The molecule has 0 fully saturated rings. The summed E-state index contributed by atoms with van der Waals surface area (Å²) in [6.07, 6.45) is 0.989. The molecule has 2 atom stereocenters. The van der Waals surface area contributed by atoms with E-state index in [1.807, 2.05) is 60.7 Å². The topological polar surface area (TPSA) is 83.6 Å². The second kappa shape index (κ2) is 9.39. The second-order valence-corrected chi connectivity index (χ2v) is 7.61. The minimum absolute atomic E-state index is 0.0793. The molecule has 3 amide bonds. The van der Waals surface area contributed by atoms with E-state index in [0.29, 0.717) is 0 Å². The molecule has 0 bridgehead atoms. The van der Waals surface area contributed by atoms with Crippen LogP contribution in [-0.4, -0.2) is 34.9 Å². The smallest absolute Gasteiger partial charge is 0.262 e. The van der Waals surface area contributed by atoms with E-state index in [1.165, 1.54) is 0 Å². The van der Waals surface area contributed by atoms with Crippen molar-refractivity contribution < 1.29 is 19.2 Å². The molecule has 0 unspecified atom stereocenters. The van der Waals surface area contributed by atoms with Crippen molar-refractivity contribution in [2.45, 2.75) is 24.9 Å². The van der Waals surface area contributed by atoms with Crippen LogP contribution in [0.15, 0.2) is 84.9 Å². The number of imide groups is 1. The first-order chi connectivity index (χ1) is 15.6. The molecule has 0 aromatic heterocycles. The Morgan fingerprint density at radius 3 is 1.91 bits per heavy atom. The van der Waals surface area contributed by atoms with Crippen molar-refractivity contribution in [3.8, 4) is 0 Å². The average molecular weight is 426 g/mol. The number of nitrogens with zero attached hydrogens (tertiary/aromatic N) is 1. The second-order valence-electron chi connectivity index (χ2n) is 7.61. The summed E-state index contributed by atoms with van der Waals surface area (Å²) in [5.74, 6) is -1.47. The number of hydrogen-bond donors (Lipinski definition) is 1. The van der Waals surface area contributed by atoms with Gasteiger partial charge in [-0.05, 0) is 23.3 Å². The monoisotopic (exact) mass is 426 g/mol. The first-order valence-corrected chi connectivity index (χ1v) is 10.4. The Bertz CT molecular complexity index is 1110. The largest absolute Gasteiger partial charge is 0.347 e. The Morgan fingerprint density at radius 1 is 0.812 bits per heavy atom. The Morgan fingerprint density at radius 2 is 1.34 bits per heavy atom. The number of carbonyl (C=O) groups excluding carboxylic acids is 4. The van der Waals surface area contributed by atoms with Crippen molar-refractivity contribution >= 4 is 24.0 Å². The van der Waals surface area contributed by atoms with Crippen LogP contribution in [0, 0.1) is 0 Å². The van der Waals surface area contributed by atoms with E-state index in [9.17, 15) is 19.2 Å². The van der Waals surface area contributed by atoms with Gasteiger partial charge < -0.3 is 10.1 Å². The molecule has 1 heterocycles. The molecule has 1 aliphatic heterocycles. The van der Waals surface area contributed by atoms with Gasteiger partial charge in [0.1, 0.15) is 12.3 Å². The zero-order valence-electron chi connectivity index (χ0n) is 17.3. The Kier molecular flexibility index (Phi) is 6.22. The molecule has 160 valence electrons.